The van der Waals surface area contributed by atoms with E-state index in [-0.39, 0.29) is 34.0 Å². The number of aromatic nitrogens is 1. The minimum absolute atomic E-state index is 0.0485. The second kappa shape index (κ2) is 10.9. The van der Waals surface area contributed by atoms with E-state index in [9.17, 15) is 18.4 Å². The van der Waals surface area contributed by atoms with Crippen LogP contribution in [0.15, 0.2) is 48.6 Å². The molecule has 176 valence electrons. The number of hydrogen-bond acceptors (Lipinski definition) is 4. The molecule has 0 saturated carbocycles. The predicted octanol–water partition coefficient (Wildman–Crippen LogP) is 5.97. The number of carboxylic acids is 1. The number of cyclic esters (lactones) is 1. The van der Waals surface area contributed by atoms with Gasteiger partial charge in [-0.15, -0.1) is 0 Å². The van der Waals surface area contributed by atoms with Gasteiger partial charge in [0.15, 0.2) is 0 Å². The molecule has 1 aliphatic rings. The molecule has 1 saturated heterocycles. The molecule has 3 rings (SSSR count). The van der Waals surface area contributed by atoms with Crippen LogP contribution >= 0.6 is 23.2 Å². The smallest absolute Gasteiger partial charge is 0.410 e. The third-order valence-corrected chi connectivity index (χ3v) is 5.59. The fourth-order valence-corrected chi connectivity index (χ4v) is 4.05. The Morgan fingerprint density at radius 3 is 2.70 bits per heavy atom. The molecule has 1 aromatic heterocycles. The zero-order valence-electron chi connectivity index (χ0n) is 17.5. The van der Waals surface area contributed by atoms with Gasteiger partial charge >= 0.3 is 12.1 Å². The van der Waals surface area contributed by atoms with E-state index in [0.29, 0.717) is 31.5 Å². The van der Waals surface area contributed by atoms with E-state index >= 15 is 0 Å². The van der Waals surface area contributed by atoms with Crippen molar-refractivity contribution in [2.45, 2.75) is 37.6 Å². The van der Waals surface area contributed by atoms with Gasteiger partial charge in [-0.25, -0.2) is 23.4 Å². The van der Waals surface area contributed by atoms with E-state index in [1.165, 1.54) is 35.2 Å². The van der Waals surface area contributed by atoms with Crippen LogP contribution in [0.3, 0.4) is 0 Å². The van der Waals surface area contributed by atoms with Gasteiger partial charge in [-0.2, -0.15) is 0 Å². The summed E-state index contributed by atoms with van der Waals surface area (Å²) in [7, 11) is 0. The minimum atomic E-state index is -3.17. The van der Waals surface area contributed by atoms with Gasteiger partial charge in [-0.3, -0.25) is 0 Å². The van der Waals surface area contributed by atoms with Crippen molar-refractivity contribution in [3.63, 3.8) is 0 Å². The number of halogens is 4. The number of rotatable bonds is 9. The molecule has 0 aliphatic carbocycles. The van der Waals surface area contributed by atoms with Crippen molar-refractivity contribution >= 4 is 35.3 Å². The second-order valence-corrected chi connectivity index (χ2v) is 8.45. The fourth-order valence-electron chi connectivity index (χ4n) is 3.52. The first-order valence-corrected chi connectivity index (χ1v) is 11.0. The van der Waals surface area contributed by atoms with Crippen molar-refractivity contribution in [1.29, 1.82) is 0 Å². The Hall–Kier alpha value is -2.71. The number of alkyl halides is 2. The number of carbonyl (C=O) groups is 2. The highest BCUT2D eigenvalue weighted by molar-refractivity contribution is 6.34. The van der Waals surface area contributed by atoms with Crippen LogP contribution in [0.1, 0.15) is 41.0 Å². The number of pyridine rings is 1. The summed E-state index contributed by atoms with van der Waals surface area (Å²) in [4.78, 5) is 28.8. The predicted molar refractivity (Wildman–Crippen MR) is 120 cm³/mol. The molecular formula is C23H22Cl2F2N2O4. The Labute approximate surface area is 199 Å². The minimum Gasteiger partial charge on any atom is -0.477 e. The van der Waals surface area contributed by atoms with Crippen LogP contribution in [0.5, 0.6) is 0 Å². The van der Waals surface area contributed by atoms with E-state index < -0.39 is 24.4 Å². The number of ether oxygens (including phenoxy) is 1. The van der Waals surface area contributed by atoms with Crippen molar-refractivity contribution < 1.29 is 28.2 Å². The third kappa shape index (κ3) is 6.88. The number of carbonyl (C=O) groups excluding carboxylic acids is 1. The number of benzene rings is 1. The van der Waals surface area contributed by atoms with Crippen LogP contribution in [0.25, 0.3) is 0 Å². The van der Waals surface area contributed by atoms with Gasteiger partial charge < -0.3 is 14.7 Å². The first-order chi connectivity index (χ1) is 15.7. The van der Waals surface area contributed by atoms with Crippen molar-refractivity contribution in [1.82, 2.24) is 9.88 Å². The van der Waals surface area contributed by atoms with Crippen molar-refractivity contribution in [2.24, 2.45) is 0 Å². The summed E-state index contributed by atoms with van der Waals surface area (Å²) >= 11 is 11.7. The van der Waals surface area contributed by atoms with Gasteiger partial charge in [-0.05, 0) is 43.2 Å². The van der Waals surface area contributed by atoms with Gasteiger partial charge in [0.05, 0.1) is 12.6 Å². The highest BCUT2D eigenvalue weighted by Gasteiger charge is 2.32. The molecule has 2 aromatic rings. The maximum atomic E-state index is 14.6. The largest absolute Gasteiger partial charge is 0.477 e. The summed E-state index contributed by atoms with van der Waals surface area (Å²) in [5.74, 6) is -4.29. The maximum absolute atomic E-state index is 14.6. The quantitative estimate of drug-likeness (QED) is 0.430. The fraction of sp³-hybridized carbons (Fsp3) is 0.348. The molecule has 1 aromatic carbocycles. The molecule has 33 heavy (non-hydrogen) atoms. The number of allylic oxidation sites excluding steroid dienone is 1. The van der Waals surface area contributed by atoms with Crippen LogP contribution < -0.4 is 0 Å². The highest BCUT2D eigenvalue weighted by Crippen LogP contribution is 2.35. The summed E-state index contributed by atoms with van der Waals surface area (Å²) in [6.45, 7) is 0.514. The van der Waals surface area contributed by atoms with E-state index in [1.54, 1.807) is 18.2 Å². The number of hydrogen-bond donors (Lipinski definition) is 1. The van der Waals surface area contributed by atoms with Gasteiger partial charge in [0.25, 0.3) is 5.92 Å². The number of aryl methyl sites for hydroxylation is 1. The normalized spacial score (nSPS) is 16.8. The Kier molecular flexibility index (Phi) is 8.26. The summed E-state index contributed by atoms with van der Waals surface area (Å²) in [5.41, 5.74) is 0.264. The average molecular weight is 499 g/mol. The maximum Gasteiger partial charge on any atom is 0.410 e. The van der Waals surface area contributed by atoms with Crippen LogP contribution in [0.4, 0.5) is 13.6 Å². The lowest BCUT2D eigenvalue weighted by Gasteiger charge is -2.33. The standard InChI is InChI=1S/C23H22Cl2F2N2O4/c24-16-12-15(13-17(25)14-16)23(26,27)9-2-6-19-8-11-33-22(32)29(19)10-3-5-18-4-1-7-20(28-18)21(30)31/h1-2,4,6-7,12-14,19H,3,5,8-11H2,(H,30,31)/b6-2+/t19-/m0/s1. The van der Waals surface area contributed by atoms with Gasteiger partial charge in [0.1, 0.15) is 5.69 Å². The Morgan fingerprint density at radius 2 is 2.00 bits per heavy atom. The molecule has 1 atom stereocenters. The molecule has 6 nitrogen and oxygen atoms in total. The van der Waals surface area contributed by atoms with Crippen LogP contribution in [0, 0.1) is 0 Å². The lowest BCUT2D eigenvalue weighted by molar-refractivity contribution is -0.00120. The van der Waals surface area contributed by atoms with Crippen molar-refractivity contribution in [3.8, 4) is 0 Å². The van der Waals surface area contributed by atoms with Crippen LogP contribution in [-0.4, -0.2) is 46.2 Å². The molecule has 0 spiro atoms. The van der Waals surface area contributed by atoms with Crippen LogP contribution in [0.2, 0.25) is 10.0 Å². The lowest BCUT2D eigenvalue weighted by Crippen LogP contribution is -2.45. The molecule has 1 aliphatic heterocycles. The molecule has 0 bridgehead atoms. The monoisotopic (exact) mass is 498 g/mol. The Balaban J connectivity index is 1.61. The molecule has 1 fully saturated rings. The number of amides is 1. The molecule has 2 heterocycles. The lowest BCUT2D eigenvalue weighted by atomic mass is 10.0. The zero-order chi connectivity index (χ0) is 24.0. The van der Waals surface area contributed by atoms with E-state index in [2.05, 4.69) is 4.98 Å². The molecular weight excluding hydrogens is 477 g/mol. The van der Waals surface area contributed by atoms with Gasteiger partial charge in [0, 0.05) is 40.7 Å². The number of carboxylic acid groups (broad SMARTS) is 1. The zero-order valence-corrected chi connectivity index (χ0v) is 19.0. The summed E-state index contributed by atoms with van der Waals surface area (Å²) in [5, 5.41) is 9.30. The van der Waals surface area contributed by atoms with E-state index in [1.807, 2.05) is 0 Å². The SMILES string of the molecule is O=C(O)c1cccc(CCCN2C(=O)OCC[C@@H]2/C=C/CC(F)(F)c2cc(Cl)cc(Cl)c2)n1. The van der Waals surface area contributed by atoms with E-state index in [4.69, 9.17) is 33.0 Å². The molecule has 0 unspecified atom stereocenters. The van der Waals surface area contributed by atoms with Crippen molar-refractivity contribution in [2.75, 3.05) is 13.2 Å². The number of nitrogens with zero attached hydrogens (tertiary/aromatic N) is 2. The molecule has 1 amide bonds. The molecule has 1 N–H and O–H groups in total. The van der Waals surface area contributed by atoms with E-state index in [0.717, 1.165) is 0 Å². The highest BCUT2D eigenvalue weighted by atomic mass is 35.5. The van der Waals surface area contributed by atoms with Crippen molar-refractivity contribution in [3.05, 3.63) is 75.5 Å². The second-order valence-electron chi connectivity index (χ2n) is 7.58. The first kappa shape index (κ1) is 24.9. The first-order valence-electron chi connectivity index (χ1n) is 10.3. The molecule has 10 heteroatoms. The van der Waals surface area contributed by atoms with Crippen LogP contribution in [-0.2, 0) is 17.1 Å². The topological polar surface area (TPSA) is 79.7 Å². The third-order valence-electron chi connectivity index (χ3n) is 5.15. The van der Waals surface area contributed by atoms with Gasteiger partial charge in [-0.1, -0.05) is 41.4 Å². The average Bonchev–Trinajstić information content (AvgIpc) is 2.75. The summed E-state index contributed by atoms with van der Waals surface area (Å²) in [6, 6.07) is 8.09. The Bertz CT molecular complexity index is 1030. The van der Waals surface area contributed by atoms with Gasteiger partial charge in [0.2, 0.25) is 0 Å². The summed E-state index contributed by atoms with van der Waals surface area (Å²) < 4.78 is 34.3. The summed E-state index contributed by atoms with van der Waals surface area (Å²) in [6.07, 6.45) is 3.28. The molecule has 0 radical (unpaired) electrons. The number of aromatic carboxylic acids is 1. The Morgan fingerprint density at radius 1 is 1.27 bits per heavy atom.